The zero-order chi connectivity index (χ0) is 13.7. The number of halogens is 3. The molecule has 1 aliphatic heterocycles. The maximum absolute atomic E-state index is 10.5. The molecule has 1 saturated heterocycles. The van der Waals surface area contributed by atoms with E-state index in [1.165, 1.54) is 0 Å². The van der Waals surface area contributed by atoms with Crippen molar-refractivity contribution >= 4 is 5.97 Å². The summed E-state index contributed by atoms with van der Waals surface area (Å²) in [6.07, 6.45) is -5.19. The summed E-state index contributed by atoms with van der Waals surface area (Å²) >= 11 is 0. The molecule has 17 heavy (non-hydrogen) atoms. The van der Waals surface area contributed by atoms with E-state index >= 15 is 0 Å². The van der Waals surface area contributed by atoms with Gasteiger partial charge in [0, 0.05) is 0 Å². The lowest BCUT2D eigenvalue weighted by molar-refractivity contribution is -0.924. The minimum atomic E-state index is -5.19. The van der Waals surface area contributed by atoms with Crippen LogP contribution in [0.25, 0.3) is 0 Å². The molecule has 0 unspecified atom stereocenters. The summed E-state index contributed by atoms with van der Waals surface area (Å²) in [5, 5.41) is 17.5. The molecule has 0 amide bonds. The summed E-state index contributed by atoms with van der Waals surface area (Å²) < 4.78 is 37.5. The number of quaternary nitrogens is 1. The van der Waals surface area contributed by atoms with Crippen LogP contribution in [0, 0.1) is 0 Å². The number of aliphatic hydroxyl groups excluding tert-OH is 1. The molecule has 8 heteroatoms. The number of hydrogen-bond acceptors (Lipinski definition) is 4. The summed E-state index contributed by atoms with van der Waals surface area (Å²) in [7, 11) is 4.26. The van der Waals surface area contributed by atoms with Crippen molar-refractivity contribution in [3.8, 4) is 0 Å². The highest BCUT2D eigenvalue weighted by atomic mass is 19.4. The van der Waals surface area contributed by atoms with Crippen LogP contribution in [-0.2, 0) is 9.53 Å². The van der Waals surface area contributed by atoms with Gasteiger partial charge in [-0.25, -0.2) is 0 Å². The van der Waals surface area contributed by atoms with Gasteiger partial charge >= 0.3 is 6.18 Å². The Balaban J connectivity index is 0.000000325. The molecule has 0 radical (unpaired) electrons. The number of aliphatic hydroxyl groups is 1. The second-order valence-electron chi connectivity index (χ2n) is 4.20. The Labute approximate surface area is 97.0 Å². The second kappa shape index (κ2) is 6.18. The van der Waals surface area contributed by atoms with Crippen molar-refractivity contribution in [2.24, 2.45) is 0 Å². The van der Waals surface area contributed by atoms with Crippen molar-refractivity contribution in [1.29, 1.82) is 0 Å². The Morgan fingerprint density at radius 1 is 1.47 bits per heavy atom. The molecule has 0 aromatic carbocycles. The number of aliphatic carboxylic acids is 1. The first-order valence-corrected chi connectivity index (χ1v) is 4.90. The van der Waals surface area contributed by atoms with Gasteiger partial charge in [-0.15, -0.1) is 0 Å². The molecule has 0 aromatic rings. The van der Waals surface area contributed by atoms with E-state index in [1.807, 2.05) is 0 Å². The van der Waals surface area contributed by atoms with Crippen LogP contribution in [0.5, 0.6) is 0 Å². The van der Waals surface area contributed by atoms with E-state index in [2.05, 4.69) is 14.1 Å². The van der Waals surface area contributed by atoms with Gasteiger partial charge in [-0.2, -0.15) is 13.2 Å². The van der Waals surface area contributed by atoms with Crippen LogP contribution in [0.1, 0.15) is 0 Å². The Kier molecular flexibility index (Phi) is 5.86. The SMILES string of the molecule is C[N+](C)(CCO)C1COC1.O=C([O-])C(F)(F)F. The van der Waals surface area contributed by atoms with E-state index in [1.54, 1.807) is 0 Å². The zero-order valence-electron chi connectivity index (χ0n) is 9.66. The molecule has 0 aromatic heterocycles. The average molecular weight is 259 g/mol. The van der Waals surface area contributed by atoms with Crippen LogP contribution < -0.4 is 5.11 Å². The summed E-state index contributed by atoms with van der Waals surface area (Å²) in [4.78, 5) is 8.78. The molecule has 0 atom stereocenters. The maximum atomic E-state index is 10.5. The largest absolute Gasteiger partial charge is 0.542 e. The lowest BCUT2D eigenvalue weighted by atomic mass is 10.2. The van der Waals surface area contributed by atoms with Gasteiger partial charge in [0.05, 0.1) is 20.7 Å². The molecular weight excluding hydrogens is 243 g/mol. The van der Waals surface area contributed by atoms with Crippen molar-refractivity contribution in [2.75, 3.05) is 40.5 Å². The van der Waals surface area contributed by atoms with Crippen molar-refractivity contribution < 1.29 is 37.4 Å². The first-order chi connectivity index (χ1) is 7.61. The topological polar surface area (TPSA) is 69.6 Å². The van der Waals surface area contributed by atoms with E-state index in [4.69, 9.17) is 19.7 Å². The number of likely N-dealkylation sites (N-methyl/N-ethyl adjacent to an activating group) is 1. The second-order valence-corrected chi connectivity index (χ2v) is 4.20. The van der Waals surface area contributed by atoms with E-state index in [9.17, 15) is 13.2 Å². The molecular formula is C9H16F3NO4. The number of carbonyl (C=O) groups excluding carboxylic acids is 1. The molecule has 0 saturated carbocycles. The van der Waals surface area contributed by atoms with Crippen LogP contribution in [0.3, 0.4) is 0 Å². The lowest BCUT2D eigenvalue weighted by Crippen LogP contribution is -2.59. The van der Waals surface area contributed by atoms with Gasteiger partial charge in [-0.3, -0.25) is 0 Å². The maximum Gasteiger partial charge on any atom is 0.430 e. The Morgan fingerprint density at radius 2 is 1.88 bits per heavy atom. The number of hydrogen-bond donors (Lipinski definition) is 1. The Hall–Kier alpha value is -0.860. The molecule has 1 heterocycles. The fourth-order valence-electron chi connectivity index (χ4n) is 1.07. The van der Waals surface area contributed by atoms with Crippen molar-refractivity contribution in [3.05, 3.63) is 0 Å². The smallest absolute Gasteiger partial charge is 0.430 e. The number of carboxylic acid groups (broad SMARTS) is 1. The Morgan fingerprint density at radius 3 is 2.06 bits per heavy atom. The highest BCUT2D eigenvalue weighted by molar-refractivity contribution is 5.70. The van der Waals surface area contributed by atoms with E-state index in [-0.39, 0.29) is 6.61 Å². The highest BCUT2D eigenvalue weighted by Gasteiger charge is 2.34. The van der Waals surface area contributed by atoms with Gasteiger partial charge in [0.2, 0.25) is 0 Å². The van der Waals surface area contributed by atoms with E-state index in [0.717, 1.165) is 24.2 Å². The van der Waals surface area contributed by atoms with Crippen LogP contribution in [0.2, 0.25) is 0 Å². The third kappa shape index (κ3) is 5.85. The Bertz CT molecular complexity index is 251. The standard InChI is InChI=1S/C7H16NO2.C2HF3O2/c1-8(2,3-4-9)7-5-10-6-7;3-2(4,5)1(6)7/h7,9H,3-6H2,1-2H3;(H,6,7)/q+1;/p-1. The average Bonchev–Trinajstić information content (AvgIpc) is 1.97. The van der Waals surface area contributed by atoms with E-state index < -0.39 is 12.1 Å². The minimum Gasteiger partial charge on any atom is -0.542 e. The first-order valence-electron chi connectivity index (χ1n) is 4.90. The third-order valence-corrected chi connectivity index (χ3v) is 2.52. The third-order valence-electron chi connectivity index (χ3n) is 2.52. The lowest BCUT2D eigenvalue weighted by Gasteiger charge is -2.42. The van der Waals surface area contributed by atoms with Gasteiger partial charge in [-0.05, 0) is 0 Å². The number of carbonyl (C=O) groups is 1. The molecule has 0 spiro atoms. The van der Waals surface area contributed by atoms with Crippen molar-refractivity contribution in [2.45, 2.75) is 12.2 Å². The number of ether oxygens (including phenoxy) is 1. The van der Waals surface area contributed by atoms with Gasteiger partial charge in [-0.1, -0.05) is 0 Å². The van der Waals surface area contributed by atoms with Gasteiger partial charge < -0.3 is 24.2 Å². The normalized spacial score (nSPS) is 16.8. The molecule has 1 N–H and O–H groups in total. The summed E-state index contributed by atoms with van der Waals surface area (Å²) in [6, 6.07) is 0.604. The number of nitrogens with zero attached hydrogens (tertiary/aromatic N) is 1. The van der Waals surface area contributed by atoms with Crippen LogP contribution in [0.4, 0.5) is 13.2 Å². The van der Waals surface area contributed by atoms with Gasteiger partial charge in [0.15, 0.2) is 0 Å². The molecule has 1 aliphatic rings. The highest BCUT2D eigenvalue weighted by Crippen LogP contribution is 2.14. The van der Waals surface area contributed by atoms with Gasteiger partial charge in [0.25, 0.3) is 0 Å². The summed E-state index contributed by atoms with van der Waals surface area (Å²) in [6.45, 7) is 2.80. The monoisotopic (exact) mass is 259 g/mol. The number of rotatable bonds is 3. The predicted molar refractivity (Wildman–Crippen MR) is 49.7 cm³/mol. The molecule has 5 nitrogen and oxygen atoms in total. The summed E-state index contributed by atoms with van der Waals surface area (Å²) in [5.74, 6) is -3.01. The van der Waals surface area contributed by atoms with Crippen LogP contribution in [0.15, 0.2) is 0 Å². The van der Waals surface area contributed by atoms with Crippen molar-refractivity contribution in [1.82, 2.24) is 0 Å². The minimum absolute atomic E-state index is 0.267. The van der Waals surface area contributed by atoms with Gasteiger partial charge in [0.1, 0.15) is 31.8 Å². The summed E-state index contributed by atoms with van der Waals surface area (Å²) in [5.41, 5.74) is 0. The molecule has 0 aliphatic carbocycles. The van der Waals surface area contributed by atoms with Crippen LogP contribution >= 0.6 is 0 Å². The predicted octanol–water partition coefficient (Wildman–Crippen LogP) is -1.25. The quantitative estimate of drug-likeness (QED) is 0.643. The fourth-order valence-corrected chi connectivity index (χ4v) is 1.07. The molecule has 102 valence electrons. The molecule has 1 fully saturated rings. The molecule has 0 bridgehead atoms. The molecule has 1 rings (SSSR count). The fraction of sp³-hybridized carbons (Fsp3) is 0.889. The van der Waals surface area contributed by atoms with Crippen LogP contribution in [-0.4, -0.2) is 68.2 Å². The van der Waals surface area contributed by atoms with Crippen molar-refractivity contribution in [3.63, 3.8) is 0 Å². The van der Waals surface area contributed by atoms with E-state index in [0.29, 0.717) is 6.04 Å². The number of carboxylic acids is 1. The number of alkyl halides is 3. The first kappa shape index (κ1) is 16.1. The zero-order valence-corrected chi connectivity index (χ0v) is 9.66.